The Labute approximate surface area is 149 Å². The molecule has 6 nitrogen and oxygen atoms in total. The number of aryl methyl sites for hydroxylation is 3. The van der Waals surface area contributed by atoms with Crippen LogP contribution < -0.4 is 10.1 Å². The summed E-state index contributed by atoms with van der Waals surface area (Å²) in [5.41, 5.74) is 2.91. The number of thiazole rings is 1. The molecule has 3 rings (SSSR count). The second-order valence-electron chi connectivity index (χ2n) is 5.54. The summed E-state index contributed by atoms with van der Waals surface area (Å²) in [6.07, 6.45) is 0. The minimum atomic E-state index is -0.207. The summed E-state index contributed by atoms with van der Waals surface area (Å²) in [4.78, 5) is 17.7. The van der Waals surface area contributed by atoms with Crippen molar-refractivity contribution in [2.75, 3.05) is 11.9 Å². The molecule has 2 heterocycles. The number of nitrogens with one attached hydrogen (secondary N) is 1. The van der Waals surface area contributed by atoms with Crippen LogP contribution in [0.25, 0.3) is 10.6 Å². The molecule has 0 fully saturated rings. The van der Waals surface area contributed by atoms with E-state index in [9.17, 15) is 4.79 Å². The molecule has 7 heteroatoms. The normalized spacial score (nSPS) is 10.7. The first-order valence-electron chi connectivity index (χ1n) is 7.94. The number of hydrogen-bond acceptors (Lipinski definition) is 6. The fraction of sp³-hybridized carbons (Fsp3) is 0.278. The zero-order valence-corrected chi connectivity index (χ0v) is 15.4. The Hall–Kier alpha value is -2.67. The van der Waals surface area contributed by atoms with E-state index in [0.717, 1.165) is 16.3 Å². The van der Waals surface area contributed by atoms with Crippen molar-refractivity contribution >= 4 is 22.9 Å². The van der Waals surface area contributed by atoms with Crippen molar-refractivity contribution in [2.24, 2.45) is 0 Å². The Kier molecular flexibility index (Phi) is 4.85. The third-order valence-electron chi connectivity index (χ3n) is 3.69. The monoisotopic (exact) mass is 357 g/mol. The summed E-state index contributed by atoms with van der Waals surface area (Å²) in [6, 6.07) is 7.69. The van der Waals surface area contributed by atoms with Crippen LogP contribution in [-0.2, 0) is 0 Å². The molecule has 0 spiro atoms. The fourth-order valence-corrected chi connectivity index (χ4v) is 3.39. The van der Waals surface area contributed by atoms with Crippen LogP contribution in [-0.4, -0.2) is 22.7 Å². The fourth-order valence-electron chi connectivity index (χ4n) is 2.42. The molecule has 0 saturated carbocycles. The molecule has 1 aromatic carbocycles. The van der Waals surface area contributed by atoms with Gasteiger partial charge in [0.15, 0.2) is 5.76 Å². The van der Waals surface area contributed by atoms with E-state index in [0.29, 0.717) is 34.3 Å². The first kappa shape index (κ1) is 17.2. The molecule has 0 saturated heterocycles. The maximum atomic E-state index is 12.6. The molecule has 0 aliphatic carbocycles. The van der Waals surface area contributed by atoms with Crippen LogP contribution in [0, 0.1) is 20.8 Å². The first-order chi connectivity index (χ1) is 12.0. The van der Waals surface area contributed by atoms with Gasteiger partial charge in [0, 0.05) is 5.56 Å². The standard InChI is InChI=1S/C18H19N3O3S/c1-5-23-14-8-6-13(7-9-14)18-19-11(3)16(25-18)17(22)20-15-10(2)21-24-12(15)4/h6-9H,5H2,1-4H3,(H,20,22). The highest BCUT2D eigenvalue weighted by Crippen LogP contribution is 2.30. The van der Waals surface area contributed by atoms with Crippen LogP contribution in [0.1, 0.15) is 33.7 Å². The minimum Gasteiger partial charge on any atom is -0.494 e. The average Bonchev–Trinajstić information content (AvgIpc) is 3.13. The molecule has 0 aliphatic heterocycles. The predicted octanol–water partition coefficient (Wildman–Crippen LogP) is 4.37. The molecule has 0 unspecified atom stereocenters. The second-order valence-corrected chi connectivity index (χ2v) is 6.54. The SMILES string of the molecule is CCOc1ccc(-c2nc(C)c(C(=O)Nc3c(C)noc3C)s2)cc1. The molecule has 0 aliphatic rings. The van der Waals surface area contributed by atoms with Gasteiger partial charge < -0.3 is 14.6 Å². The van der Waals surface area contributed by atoms with Gasteiger partial charge in [0.1, 0.15) is 27.0 Å². The number of anilines is 1. The summed E-state index contributed by atoms with van der Waals surface area (Å²) in [7, 11) is 0. The zero-order valence-electron chi connectivity index (χ0n) is 14.5. The van der Waals surface area contributed by atoms with Crippen molar-refractivity contribution in [2.45, 2.75) is 27.7 Å². The largest absolute Gasteiger partial charge is 0.494 e. The van der Waals surface area contributed by atoms with Crippen molar-refractivity contribution in [1.29, 1.82) is 0 Å². The van der Waals surface area contributed by atoms with Gasteiger partial charge in [0.25, 0.3) is 5.91 Å². The van der Waals surface area contributed by atoms with E-state index in [-0.39, 0.29) is 5.91 Å². The summed E-state index contributed by atoms with van der Waals surface area (Å²) >= 11 is 1.36. The van der Waals surface area contributed by atoms with E-state index in [2.05, 4.69) is 15.5 Å². The van der Waals surface area contributed by atoms with Crippen molar-refractivity contribution in [3.63, 3.8) is 0 Å². The number of benzene rings is 1. The highest BCUT2D eigenvalue weighted by atomic mass is 32.1. The second kappa shape index (κ2) is 7.06. The molecule has 1 N–H and O–H groups in total. The number of amides is 1. The highest BCUT2D eigenvalue weighted by molar-refractivity contribution is 7.17. The summed E-state index contributed by atoms with van der Waals surface area (Å²) < 4.78 is 10.5. The summed E-state index contributed by atoms with van der Waals surface area (Å²) in [5, 5.41) is 7.50. The van der Waals surface area contributed by atoms with Crippen molar-refractivity contribution < 1.29 is 14.1 Å². The third kappa shape index (κ3) is 3.56. The van der Waals surface area contributed by atoms with Crippen molar-refractivity contribution in [1.82, 2.24) is 10.1 Å². The van der Waals surface area contributed by atoms with Crippen molar-refractivity contribution in [3.8, 4) is 16.3 Å². The molecule has 2 aromatic heterocycles. The summed E-state index contributed by atoms with van der Waals surface area (Å²) in [5.74, 6) is 1.19. The van der Waals surface area contributed by atoms with E-state index < -0.39 is 0 Å². The molecule has 3 aromatic rings. The van der Waals surface area contributed by atoms with Gasteiger partial charge >= 0.3 is 0 Å². The van der Waals surface area contributed by atoms with Crippen LogP contribution in [0.3, 0.4) is 0 Å². The molecular weight excluding hydrogens is 338 g/mol. The number of carbonyl (C=O) groups is 1. The molecular formula is C18H19N3O3S. The van der Waals surface area contributed by atoms with Crippen LogP contribution in [0.4, 0.5) is 5.69 Å². The van der Waals surface area contributed by atoms with Crippen LogP contribution in [0.15, 0.2) is 28.8 Å². The van der Waals surface area contributed by atoms with Gasteiger partial charge in [-0.05, 0) is 52.0 Å². The quantitative estimate of drug-likeness (QED) is 0.733. The summed E-state index contributed by atoms with van der Waals surface area (Å²) in [6.45, 7) is 7.96. The number of ether oxygens (including phenoxy) is 1. The van der Waals surface area contributed by atoms with E-state index in [1.54, 1.807) is 13.8 Å². The number of rotatable bonds is 5. The molecule has 130 valence electrons. The van der Waals surface area contributed by atoms with Crippen LogP contribution in [0.2, 0.25) is 0 Å². The average molecular weight is 357 g/mol. The molecule has 25 heavy (non-hydrogen) atoms. The Balaban J connectivity index is 1.83. The Morgan fingerprint density at radius 2 is 1.92 bits per heavy atom. The van der Waals surface area contributed by atoms with Gasteiger partial charge in [0.2, 0.25) is 0 Å². The van der Waals surface area contributed by atoms with Gasteiger partial charge in [-0.1, -0.05) is 5.16 Å². The smallest absolute Gasteiger partial charge is 0.267 e. The predicted molar refractivity (Wildman–Crippen MR) is 97.4 cm³/mol. The third-order valence-corrected chi connectivity index (χ3v) is 4.89. The highest BCUT2D eigenvalue weighted by Gasteiger charge is 2.19. The molecule has 1 amide bonds. The van der Waals surface area contributed by atoms with Gasteiger partial charge in [-0.25, -0.2) is 4.98 Å². The van der Waals surface area contributed by atoms with E-state index in [1.165, 1.54) is 11.3 Å². The Morgan fingerprint density at radius 3 is 2.52 bits per heavy atom. The minimum absolute atomic E-state index is 0.207. The number of aromatic nitrogens is 2. The van der Waals surface area contributed by atoms with E-state index in [4.69, 9.17) is 9.26 Å². The lowest BCUT2D eigenvalue weighted by Gasteiger charge is -2.03. The zero-order chi connectivity index (χ0) is 18.0. The van der Waals surface area contributed by atoms with E-state index >= 15 is 0 Å². The number of hydrogen-bond donors (Lipinski definition) is 1. The Bertz CT molecular complexity index is 877. The number of nitrogens with zero attached hydrogens (tertiary/aromatic N) is 2. The lowest BCUT2D eigenvalue weighted by atomic mass is 10.2. The van der Waals surface area contributed by atoms with Gasteiger partial charge in [-0.15, -0.1) is 11.3 Å². The maximum absolute atomic E-state index is 12.6. The van der Waals surface area contributed by atoms with Crippen LogP contribution >= 0.6 is 11.3 Å². The maximum Gasteiger partial charge on any atom is 0.267 e. The lowest BCUT2D eigenvalue weighted by Crippen LogP contribution is -2.12. The topological polar surface area (TPSA) is 77.2 Å². The lowest BCUT2D eigenvalue weighted by molar-refractivity contribution is 0.102. The van der Waals surface area contributed by atoms with Gasteiger partial charge in [0.05, 0.1) is 12.3 Å². The van der Waals surface area contributed by atoms with E-state index in [1.807, 2.05) is 38.1 Å². The van der Waals surface area contributed by atoms with Crippen LogP contribution in [0.5, 0.6) is 5.75 Å². The molecule has 0 bridgehead atoms. The Morgan fingerprint density at radius 1 is 1.20 bits per heavy atom. The molecule has 0 atom stereocenters. The van der Waals surface area contributed by atoms with Gasteiger partial charge in [-0.2, -0.15) is 0 Å². The molecule has 0 radical (unpaired) electrons. The number of carbonyl (C=O) groups excluding carboxylic acids is 1. The first-order valence-corrected chi connectivity index (χ1v) is 8.76. The van der Waals surface area contributed by atoms with Gasteiger partial charge in [-0.3, -0.25) is 4.79 Å². The van der Waals surface area contributed by atoms with Crippen molar-refractivity contribution in [3.05, 3.63) is 46.3 Å².